The smallest absolute Gasteiger partial charge is 0.330 e. The normalized spacial score (nSPS) is 11.0. The molecule has 2 aromatic carbocycles. The lowest BCUT2D eigenvalue weighted by molar-refractivity contribution is -0.137. The third-order valence-corrected chi connectivity index (χ3v) is 5.00. The number of nitrogens with two attached hydrogens (primary N) is 1. The average molecular weight is 453 g/mol. The van der Waals surface area contributed by atoms with Gasteiger partial charge < -0.3 is 15.0 Å². The molecule has 5 nitrogen and oxygen atoms in total. The molecule has 148 valence electrons. The van der Waals surface area contributed by atoms with Gasteiger partial charge in [0.15, 0.2) is 0 Å². The van der Waals surface area contributed by atoms with E-state index in [1.54, 1.807) is 25.1 Å². The summed E-state index contributed by atoms with van der Waals surface area (Å²) >= 11 is 3.46. The average Bonchev–Trinajstić information content (AvgIpc) is 3.10. The second kappa shape index (κ2) is 8.92. The fourth-order valence-corrected chi connectivity index (χ4v) is 3.38. The number of primary amides is 1. The summed E-state index contributed by atoms with van der Waals surface area (Å²) < 4.78 is 8.02. The number of hydrogen-bond acceptors (Lipinski definition) is 3. The fraction of sp³-hybridized carbons (Fsp3) is 0.130. The van der Waals surface area contributed by atoms with Crippen LogP contribution in [0, 0.1) is 6.92 Å². The van der Waals surface area contributed by atoms with Gasteiger partial charge in [0.1, 0.15) is 0 Å². The summed E-state index contributed by atoms with van der Waals surface area (Å²) in [6.45, 7) is 4.02. The van der Waals surface area contributed by atoms with Crippen molar-refractivity contribution in [2.75, 3.05) is 6.61 Å². The number of rotatable bonds is 6. The van der Waals surface area contributed by atoms with E-state index < -0.39 is 11.9 Å². The van der Waals surface area contributed by atoms with E-state index in [0.29, 0.717) is 12.2 Å². The first-order chi connectivity index (χ1) is 13.9. The van der Waals surface area contributed by atoms with E-state index in [1.165, 1.54) is 6.08 Å². The van der Waals surface area contributed by atoms with Crippen LogP contribution in [0.4, 0.5) is 0 Å². The van der Waals surface area contributed by atoms with Crippen LogP contribution in [0.25, 0.3) is 23.0 Å². The van der Waals surface area contributed by atoms with Gasteiger partial charge >= 0.3 is 5.97 Å². The zero-order valence-corrected chi connectivity index (χ0v) is 17.8. The third-order valence-electron chi connectivity index (χ3n) is 4.47. The fourth-order valence-electron chi connectivity index (χ4n) is 3.11. The SMILES string of the molecule is CCOC(=O)/C=C/c1ccn(-c2ccc(Br)cc2)c1-c1ccc(C(N)=O)cc1C. The minimum atomic E-state index is -0.467. The van der Waals surface area contributed by atoms with Gasteiger partial charge in [0, 0.05) is 39.1 Å². The molecule has 1 amide bonds. The number of ether oxygens (including phenoxy) is 1. The largest absolute Gasteiger partial charge is 0.463 e. The van der Waals surface area contributed by atoms with E-state index in [2.05, 4.69) is 15.9 Å². The molecule has 29 heavy (non-hydrogen) atoms. The van der Waals surface area contributed by atoms with Crippen LogP contribution in [-0.4, -0.2) is 23.1 Å². The van der Waals surface area contributed by atoms with Gasteiger partial charge in [-0.05, 0) is 68.0 Å². The number of benzene rings is 2. The van der Waals surface area contributed by atoms with Gasteiger partial charge in [0.05, 0.1) is 12.3 Å². The summed E-state index contributed by atoms with van der Waals surface area (Å²) in [6.07, 6.45) is 5.11. The lowest BCUT2D eigenvalue weighted by atomic mass is 9.99. The van der Waals surface area contributed by atoms with Crippen LogP contribution in [0.2, 0.25) is 0 Å². The minimum Gasteiger partial charge on any atom is -0.463 e. The van der Waals surface area contributed by atoms with Crippen molar-refractivity contribution in [2.45, 2.75) is 13.8 Å². The molecule has 0 aliphatic carbocycles. The van der Waals surface area contributed by atoms with Gasteiger partial charge in [-0.2, -0.15) is 0 Å². The van der Waals surface area contributed by atoms with Crippen LogP contribution in [-0.2, 0) is 9.53 Å². The Morgan fingerprint density at radius 1 is 1.14 bits per heavy atom. The highest BCUT2D eigenvalue weighted by atomic mass is 79.9. The van der Waals surface area contributed by atoms with Crippen LogP contribution in [0.1, 0.15) is 28.4 Å². The van der Waals surface area contributed by atoms with Crippen LogP contribution in [0.3, 0.4) is 0 Å². The van der Waals surface area contributed by atoms with Crippen molar-refractivity contribution in [3.05, 3.63) is 82.0 Å². The highest BCUT2D eigenvalue weighted by molar-refractivity contribution is 9.10. The Morgan fingerprint density at radius 2 is 1.86 bits per heavy atom. The number of esters is 1. The van der Waals surface area contributed by atoms with E-state index >= 15 is 0 Å². The molecule has 0 atom stereocenters. The molecule has 1 aromatic heterocycles. The number of amides is 1. The van der Waals surface area contributed by atoms with Crippen LogP contribution in [0.15, 0.2) is 65.3 Å². The van der Waals surface area contributed by atoms with E-state index in [-0.39, 0.29) is 0 Å². The second-order valence-electron chi connectivity index (χ2n) is 6.45. The Morgan fingerprint density at radius 3 is 2.48 bits per heavy atom. The number of halogens is 1. The summed E-state index contributed by atoms with van der Waals surface area (Å²) in [6, 6.07) is 15.2. The number of hydrogen-bond donors (Lipinski definition) is 1. The van der Waals surface area contributed by atoms with Crippen LogP contribution in [0.5, 0.6) is 0 Å². The Labute approximate surface area is 177 Å². The molecular formula is C23H21BrN2O3. The first-order valence-electron chi connectivity index (χ1n) is 9.13. The molecule has 0 fully saturated rings. The molecule has 2 N–H and O–H groups in total. The molecule has 0 radical (unpaired) electrons. The Kier molecular flexibility index (Phi) is 6.34. The van der Waals surface area contributed by atoms with Gasteiger partial charge in [0.2, 0.25) is 5.91 Å². The van der Waals surface area contributed by atoms with E-state index in [9.17, 15) is 9.59 Å². The van der Waals surface area contributed by atoms with Gasteiger partial charge in [-0.1, -0.05) is 22.0 Å². The van der Waals surface area contributed by atoms with Crippen molar-refractivity contribution in [3.63, 3.8) is 0 Å². The van der Waals surface area contributed by atoms with E-state index in [1.807, 2.05) is 54.1 Å². The minimum absolute atomic E-state index is 0.323. The lowest BCUT2D eigenvalue weighted by Crippen LogP contribution is -2.11. The van der Waals surface area contributed by atoms with Crippen LogP contribution < -0.4 is 5.73 Å². The van der Waals surface area contributed by atoms with Crippen molar-refractivity contribution >= 4 is 33.9 Å². The van der Waals surface area contributed by atoms with E-state index in [4.69, 9.17) is 10.5 Å². The highest BCUT2D eigenvalue weighted by Crippen LogP contribution is 2.32. The quantitative estimate of drug-likeness (QED) is 0.427. The Hall–Kier alpha value is -3.12. The molecule has 0 saturated carbocycles. The molecule has 0 unspecified atom stereocenters. The predicted octanol–water partition coefficient (Wildman–Crippen LogP) is 4.89. The van der Waals surface area contributed by atoms with Crippen molar-refractivity contribution < 1.29 is 14.3 Å². The number of carbonyl (C=O) groups excluding carboxylic acids is 2. The predicted molar refractivity (Wildman–Crippen MR) is 118 cm³/mol. The zero-order valence-electron chi connectivity index (χ0n) is 16.2. The van der Waals surface area contributed by atoms with Gasteiger partial charge in [-0.15, -0.1) is 0 Å². The summed E-state index contributed by atoms with van der Waals surface area (Å²) in [7, 11) is 0. The Bertz CT molecular complexity index is 1080. The van der Waals surface area contributed by atoms with Gasteiger partial charge in [-0.3, -0.25) is 4.79 Å². The molecule has 0 saturated heterocycles. The van der Waals surface area contributed by atoms with Gasteiger partial charge in [0.25, 0.3) is 0 Å². The molecule has 3 aromatic rings. The molecule has 0 aliphatic heterocycles. The van der Waals surface area contributed by atoms with Crippen molar-refractivity contribution in [2.24, 2.45) is 5.73 Å². The number of aryl methyl sites for hydroxylation is 1. The highest BCUT2D eigenvalue weighted by Gasteiger charge is 2.15. The molecule has 3 rings (SSSR count). The maximum absolute atomic E-state index is 11.8. The molecule has 0 spiro atoms. The first kappa shape index (κ1) is 20.6. The summed E-state index contributed by atoms with van der Waals surface area (Å²) in [4.78, 5) is 23.3. The van der Waals surface area contributed by atoms with Gasteiger partial charge in [-0.25, -0.2) is 4.79 Å². The lowest BCUT2D eigenvalue weighted by Gasteiger charge is -2.14. The maximum atomic E-state index is 11.8. The van der Waals surface area contributed by atoms with E-state index in [0.717, 1.165) is 32.5 Å². The summed E-state index contributed by atoms with van der Waals surface area (Å²) in [5.74, 6) is -0.860. The maximum Gasteiger partial charge on any atom is 0.330 e. The number of nitrogens with zero attached hydrogens (tertiary/aromatic N) is 1. The first-order valence-corrected chi connectivity index (χ1v) is 9.93. The van der Waals surface area contributed by atoms with Crippen LogP contribution >= 0.6 is 15.9 Å². The third kappa shape index (κ3) is 4.66. The molecular weight excluding hydrogens is 432 g/mol. The van der Waals surface area contributed by atoms with Crippen molar-refractivity contribution in [1.82, 2.24) is 4.57 Å². The monoisotopic (exact) mass is 452 g/mol. The zero-order chi connectivity index (χ0) is 21.0. The molecule has 1 heterocycles. The topological polar surface area (TPSA) is 74.3 Å². The number of aromatic nitrogens is 1. The summed E-state index contributed by atoms with van der Waals surface area (Å²) in [5.41, 5.74) is 10.4. The number of carbonyl (C=O) groups is 2. The molecule has 0 aliphatic rings. The second-order valence-corrected chi connectivity index (χ2v) is 7.36. The standard InChI is InChI=1S/C23H21BrN2O3/c1-3-29-21(27)11-5-16-12-13-26(19-8-6-18(24)7-9-19)22(16)20-10-4-17(23(25)28)14-15(20)2/h4-14H,3H2,1-2H3,(H2,25,28)/b11-5+. The van der Waals surface area contributed by atoms with Crippen molar-refractivity contribution in [3.8, 4) is 16.9 Å². The van der Waals surface area contributed by atoms with Crippen molar-refractivity contribution in [1.29, 1.82) is 0 Å². The summed E-state index contributed by atoms with van der Waals surface area (Å²) in [5, 5.41) is 0. The Balaban J connectivity index is 2.16. The molecule has 6 heteroatoms. The molecule has 0 bridgehead atoms.